The van der Waals surface area contributed by atoms with Crippen LogP contribution in [0, 0.1) is 27.2 Å². The molecule has 0 spiro atoms. The molecule has 0 saturated carbocycles. The zero-order valence-electron chi connectivity index (χ0n) is 16.5. The summed E-state index contributed by atoms with van der Waals surface area (Å²) < 4.78 is 5.15. The number of amides is 1. The van der Waals surface area contributed by atoms with Crippen molar-refractivity contribution < 1.29 is 24.2 Å². The van der Waals surface area contributed by atoms with Gasteiger partial charge in [-0.2, -0.15) is 0 Å². The van der Waals surface area contributed by atoms with Crippen LogP contribution in [0.4, 0.5) is 17.1 Å². The highest BCUT2D eigenvalue weighted by Crippen LogP contribution is 2.29. The summed E-state index contributed by atoms with van der Waals surface area (Å²) in [6, 6.07) is 7.85. The molecule has 1 amide bonds. The van der Waals surface area contributed by atoms with Crippen LogP contribution in [0.15, 0.2) is 36.4 Å². The average Bonchev–Trinajstić information content (AvgIpc) is 2.71. The van der Waals surface area contributed by atoms with Crippen LogP contribution in [-0.4, -0.2) is 28.3 Å². The molecule has 10 heteroatoms. The van der Waals surface area contributed by atoms with Gasteiger partial charge in [-0.25, -0.2) is 4.79 Å². The van der Waals surface area contributed by atoms with Crippen molar-refractivity contribution in [3.8, 4) is 0 Å². The normalized spacial score (nSPS) is 10.3. The Morgan fingerprint density at radius 2 is 1.53 bits per heavy atom. The molecular weight excluding hydrogens is 394 g/mol. The minimum Gasteiger partial charge on any atom is -0.462 e. The Morgan fingerprint density at radius 1 is 0.967 bits per heavy atom. The highest BCUT2D eigenvalue weighted by Gasteiger charge is 2.25. The first-order valence-corrected chi connectivity index (χ1v) is 9.26. The van der Waals surface area contributed by atoms with Crippen LogP contribution < -0.4 is 5.32 Å². The molecule has 0 heterocycles. The largest absolute Gasteiger partial charge is 0.462 e. The molecule has 30 heavy (non-hydrogen) atoms. The number of rotatable bonds is 9. The highest BCUT2D eigenvalue weighted by molar-refractivity contribution is 6.05. The third kappa shape index (κ3) is 5.60. The van der Waals surface area contributed by atoms with Gasteiger partial charge in [-0.3, -0.25) is 25.0 Å². The number of nitro benzene ring substituents is 2. The number of esters is 1. The van der Waals surface area contributed by atoms with Crippen molar-refractivity contribution in [2.24, 2.45) is 0 Å². The van der Waals surface area contributed by atoms with Crippen LogP contribution in [0.2, 0.25) is 0 Å². The van der Waals surface area contributed by atoms with E-state index in [0.717, 1.165) is 31.4 Å². The van der Waals surface area contributed by atoms with E-state index in [0.29, 0.717) is 17.9 Å². The number of benzene rings is 2. The van der Waals surface area contributed by atoms with E-state index in [4.69, 9.17) is 4.74 Å². The molecule has 0 fully saturated rings. The number of nitrogens with one attached hydrogen (secondary N) is 1. The lowest BCUT2D eigenvalue weighted by atomic mass is 10.1. The topological polar surface area (TPSA) is 142 Å². The van der Waals surface area contributed by atoms with E-state index in [-0.39, 0.29) is 11.1 Å². The van der Waals surface area contributed by atoms with Crippen molar-refractivity contribution in [3.63, 3.8) is 0 Å². The maximum atomic E-state index is 12.4. The second-order valence-electron chi connectivity index (χ2n) is 6.53. The summed E-state index contributed by atoms with van der Waals surface area (Å²) in [4.78, 5) is 45.2. The van der Waals surface area contributed by atoms with E-state index in [1.807, 2.05) is 6.92 Å². The molecule has 2 rings (SSSR count). The van der Waals surface area contributed by atoms with Gasteiger partial charge in [-0.15, -0.1) is 0 Å². The molecule has 0 aromatic heterocycles. The Labute approximate surface area is 172 Å². The summed E-state index contributed by atoms with van der Waals surface area (Å²) in [7, 11) is 0. The van der Waals surface area contributed by atoms with Gasteiger partial charge in [0.1, 0.15) is 5.56 Å². The fraction of sp³-hybridized carbons (Fsp3) is 0.300. The second kappa shape index (κ2) is 10.1. The van der Waals surface area contributed by atoms with Gasteiger partial charge in [0.2, 0.25) is 0 Å². The first-order chi connectivity index (χ1) is 14.2. The van der Waals surface area contributed by atoms with Crippen LogP contribution in [0.5, 0.6) is 0 Å². The SMILES string of the molecule is CCCCCOC(=O)c1ccc(NC(=O)c2cc([N+](=O)[O-])c(C)c([N+](=O)[O-])c2)cc1. The van der Waals surface area contributed by atoms with Gasteiger partial charge in [0.05, 0.1) is 27.6 Å². The molecule has 2 aromatic rings. The van der Waals surface area contributed by atoms with Gasteiger partial charge < -0.3 is 10.1 Å². The van der Waals surface area contributed by atoms with Crippen molar-refractivity contribution in [1.82, 2.24) is 0 Å². The predicted octanol–water partition coefficient (Wildman–Crippen LogP) is 4.41. The van der Waals surface area contributed by atoms with Crippen molar-refractivity contribution in [2.45, 2.75) is 33.1 Å². The van der Waals surface area contributed by atoms with Crippen LogP contribution in [0.3, 0.4) is 0 Å². The summed E-state index contributed by atoms with van der Waals surface area (Å²) in [5.41, 5.74) is -0.771. The molecule has 0 aliphatic carbocycles. The standard InChI is InChI=1S/C20H21N3O7/c1-3-4-5-10-30-20(25)14-6-8-16(9-7-14)21-19(24)15-11-17(22(26)27)13(2)18(12-15)23(28)29/h6-9,11-12H,3-5,10H2,1-2H3,(H,21,24). The Balaban J connectivity index is 2.13. The number of unbranched alkanes of at least 4 members (excludes halogenated alkanes) is 2. The number of nitro groups is 2. The molecule has 158 valence electrons. The molecule has 0 aliphatic rings. The fourth-order valence-corrected chi connectivity index (χ4v) is 2.69. The monoisotopic (exact) mass is 415 g/mol. The van der Waals surface area contributed by atoms with E-state index < -0.39 is 33.1 Å². The van der Waals surface area contributed by atoms with Crippen LogP contribution in [-0.2, 0) is 4.74 Å². The number of anilines is 1. The molecule has 0 bridgehead atoms. The van der Waals surface area contributed by atoms with Gasteiger partial charge in [0.25, 0.3) is 17.3 Å². The average molecular weight is 415 g/mol. The Morgan fingerprint density at radius 3 is 2.03 bits per heavy atom. The van der Waals surface area contributed by atoms with Crippen molar-refractivity contribution in [3.05, 3.63) is 73.3 Å². The quantitative estimate of drug-likeness (QED) is 0.277. The van der Waals surface area contributed by atoms with Gasteiger partial charge in [0.15, 0.2) is 0 Å². The molecule has 0 aliphatic heterocycles. The molecule has 0 atom stereocenters. The Bertz CT molecular complexity index is 936. The predicted molar refractivity (Wildman–Crippen MR) is 109 cm³/mol. The van der Waals surface area contributed by atoms with Gasteiger partial charge in [-0.05, 0) is 37.6 Å². The van der Waals surface area contributed by atoms with Crippen LogP contribution >= 0.6 is 0 Å². The van der Waals surface area contributed by atoms with Crippen molar-refractivity contribution in [2.75, 3.05) is 11.9 Å². The minimum atomic E-state index is -0.778. The first-order valence-electron chi connectivity index (χ1n) is 9.26. The first kappa shape index (κ1) is 22.5. The summed E-state index contributed by atoms with van der Waals surface area (Å²) in [6.07, 6.45) is 2.76. The van der Waals surface area contributed by atoms with Gasteiger partial charge >= 0.3 is 5.97 Å². The van der Waals surface area contributed by atoms with Crippen LogP contribution in [0.25, 0.3) is 0 Å². The number of carbonyl (C=O) groups excluding carboxylic acids is 2. The number of carbonyl (C=O) groups is 2. The summed E-state index contributed by atoms with van der Waals surface area (Å²) in [6.45, 7) is 3.62. The Hall–Kier alpha value is -3.82. The third-order valence-corrected chi connectivity index (χ3v) is 4.37. The number of nitrogens with zero attached hydrogens (tertiary/aromatic N) is 2. The number of ether oxygens (including phenoxy) is 1. The fourth-order valence-electron chi connectivity index (χ4n) is 2.69. The molecule has 0 saturated heterocycles. The number of hydrogen-bond donors (Lipinski definition) is 1. The van der Waals surface area contributed by atoms with E-state index >= 15 is 0 Å². The van der Waals surface area contributed by atoms with Crippen LogP contribution in [0.1, 0.15) is 52.5 Å². The van der Waals surface area contributed by atoms with Gasteiger partial charge in [0, 0.05) is 17.8 Å². The van der Waals surface area contributed by atoms with E-state index in [2.05, 4.69) is 5.32 Å². The van der Waals surface area contributed by atoms with E-state index in [9.17, 15) is 29.8 Å². The Kier molecular flexibility index (Phi) is 7.56. The third-order valence-electron chi connectivity index (χ3n) is 4.37. The molecule has 2 aromatic carbocycles. The maximum Gasteiger partial charge on any atom is 0.338 e. The van der Waals surface area contributed by atoms with Crippen molar-refractivity contribution in [1.29, 1.82) is 0 Å². The zero-order chi connectivity index (χ0) is 22.3. The molecule has 10 nitrogen and oxygen atoms in total. The second-order valence-corrected chi connectivity index (χ2v) is 6.53. The number of hydrogen-bond acceptors (Lipinski definition) is 7. The zero-order valence-corrected chi connectivity index (χ0v) is 16.5. The lowest BCUT2D eigenvalue weighted by Gasteiger charge is -2.08. The highest BCUT2D eigenvalue weighted by atomic mass is 16.6. The molecule has 1 N–H and O–H groups in total. The molecular formula is C20H21N3O7. The smallest absolute Gasteiger partial charge is 0.338 e. The summed E-state index contributed by atoms with van der Waals surface area (Å²) in [5.74, 6) is -1.23. The lowest BCUT2D eigenvalue weighted by Crippen LogP contribution is -2.13. The lowest BCUT2D eigenvalue weighted by molar-refractivity contribution is -0.395. The van der Waals surface area contributed by atoms with E-state index in [1.54, 1.807) is 0 Å². The molecule has 0 unspecified atom stereocenters. The molecule has 0 radical (unpaired) electrons. The summed E-state index contributed by atoms with van der Waals surface area (Å²) in [5, 5.41) is 24.8. The summed E-state index contributed by atoms with van der Waals surface area (Å²) >= 11 is 0. The maximum absolute atomic E-state index is 12.4. The van der Waals surface area contributed by atoms with E-state index in [1.165, 1.54) is 31.2 Å². The van der Waals surface area contributed by atoms with Crippen molar-refractivity contribution >= 4 is 28.9 Å². The minimum absolute atomic E-state index is 0.136. The van der Waals surface area contributed by atoms with Gasteiger partial charge in [-0.1, -0.05) is 19.8 Å².